The predicted octanol–water partition coefficient (Wildman–Crippen LogP) is 9.21. The van der Waals surface area contributed by atoms with Crippen molar-refractivity contribution >= 4 is 30.1 Å². The van der Waals surface area contributed by atoms with Gasteiger partial charge in [-0.15, -0.1) is 0 Å². The average Bonchev–Trinajstić information content (AvgIpc) is 2.72. The van der Waals surface area contributed by atoms with E-state index in [4.69, 9.17) is 11.6 Å². The molecule has 1 aromatic carbocycles. The maximum Gasteiger partial charge on any atom is 0.177 e. The van der Waals surface area contributed by atoms with E-state index in [1.807, 2.05) is 23.9 Å². The zero-order valence-corrected chi connectivity index (χ0v) is 18.7. The first-order valence-corrected chi connectivity index (χ1v) is 12.6. The highest BCUT2D eigenvalue weighted by Crippen LogP contribution is 2.45. The fourth-order valence-electron chi connectivity index (χ4n) is 5.32. The standard InChI is InChI=1S/C24H36BClS/c1-2-3-10-22(19-27-24-17-15-23(26)16-18-24)25(20-11-6-4-7-12-20)21-13-8-5-9-14-21/h15-21H,2-14H2,1H3/b22-19+. The summed E-state index contributed by atoms with van der Waals surface area (Å²) in [5.41, 5.74) is 1.77. The zero-order chi connectivity index (χ0) is 18.9. The largest absolute Gasteiger partial charge is 0.177 e. The molecule has 148 valence electrons. The Balaban J connectivity index is 1.81. The van der Waals surface area contributed by atoms with Crippen LogP contribution in [0.1, 0.15) is 90.4 Å². The molecule has 3 heteroatoms. The maximum absolute atomic E-state index is 6.07. The molecule has 2 aliphatic carbocycles. The monoisotopic (exact) mass is 402 g/mol. The fraction of sp³-hybridized carbons (Fsp3) is 0.667. The molecule has 0 amide bonds. The number of thioether (sulfide) groups is 1. The predicted molar refractivity (Wildman–Crippen MR) is 124 cm³/mol. The first kappa shape index (κ1) is 21.4. The topological polar surface area (TPSA) is 0 Å². The highest BCUT2D eigenvalue weighted by molar-refractivity contribution is 8.02. The molecular weight excluding hydrogens is 367 g/mol. The average molecular weight is 403 g/mol. The van der Waals surface area contributed by atoms with Crippen molar-refractivity contribution in [2.45, 2.75) is 107 Å². The van der Waals surface area contributed by atoms with Crippen molar-refractivity contribution in [1.82, 2.24) is 0 Å². The Hall–Kier alpha value is -0.335. The molecule has 0 saturated heterocycles. The summed E-state index contributed by atoms with van der Waals surface area (Å²) in [6.45, 7) is 3.18. The van der Waals surface area contributed by atoms with E-state index >= 15 is 0 Å². The van der Waals surface area contributed by atoms with Gasteiger partial charge in [-0.1, -0.05) is 124 Å². The van der Waals surface area contributed by atoms with E-state index in [1.54, 1.807) is 5.47 Å². The Morgan fingerprint density at radius 2 is 1.52 bits per heavy atom. The second-order valence-corrected chi connectivity index (χ2v) is 10.1. The van der Waals surface area contributed by atoms with Crippen LogP contribution in [0.5, 0.6) is 0 Å². The molecule has 0 aromatic heterocycles. The van der Waals surface area contributed by atoms with E-state index in [9.17, 15) is 0 Å². The minimum atomic E-state index is 0.830. The van der Waals surface area contributed by atoms with Gasteiger partial charge in [-0.3, -0.25) is 0 Å². The smallest absolute Gasteiger partial charge is 0.0990 e. The molecule has 0 aliphatic heterocycles. The summed E-state index contributed by atoms with van der Waals surface area (Å²) in [7, 11) is 0. The Labute approximate surface area is 177 Å². The van der Waals surface area contributed by atoms with Crippen LogP contribution in [-0.2, 0) is 0 Å². The molecule has 0 nitrogen and oxygen atoms in total. The lowest BCUT2D eigenvalue weighted by molar-refractivity contribution is 0.462. The van der Waals surface area contributed by atoms with Gasteiger partial charge in [0.15, 0.2) is 6.71 Å². The summed E-state index contributed by atoms with van der Waals surface area (Å²) >= 11 is 8.00. The lowest BCUT2D eigenvalue weighted by Gasteiger charge is -2.37. The SMILES string of the molecule is CCCC/C(=C\Sc1ccc(Cl)cc1)B(C1CCCCC1)C1CCCCC1. The number of hydrogen-bond donors (Lipinski definition) is 0. The Morgan fingerprint density at radius 3 is 2.04 bits per heavy atom. The lowest BCUT2D eigenvalue weighted by atomic mass is 9.27. The summed E-state index contributed by atoms with van der Waals surface area (Å²) in [6.07, 6.45) is 18.6. The molecule has 27 heavy (non-hydrogen) atoms. The number of benzene rings is 1. The molecule has 0 spiro atoms. The summed E-state index contributed by atoms with van der Waals surface area (Å²) in [6, 6.07) is 8.36. The van der Waals surface area contributed by atoms with Crippen molar-refractivity contribution in [3.05, 3.63) is 40.2 Å². The molecule has 1 aromatic rings. The molecule has 0 radical (unpaired) electrons. The molecule has 2 fully saturated rings. The van der Waals surface area contributed by atoms with Crippen molar-refractivity contribution < 1.29 is 0 Å². The minimum absolute atomic E-state index is 0.830. The third-order valence-corrected chi connectivity index (χ3v) is 7.94. The molecule has 0 unspecified atom stereocenters. The summed E-state index contributed by atoms with van der Waals surface area (Å²) in [5, 5.41) is 3.38. The summed E-state index contributed by atoms with van der Waals surface area (Å²) < 4.78 is 0. The van der Waals surface area contributed by atoms with E-state index in [0.29, 0.717) is 0 Å². The number of halogens is 1. The van der Waals surface area contributed by atoms with E-state index in [0.717, 1.165) is 23.4 Å². The first-order valence-electron chi connectivity index (χ1n) is 11.4. The van der Waals surface area contributed by atoms with Gasteiger partial charge in [-0.2, -0.15) is 0 Å². The van der Waals surface area contributed by atoms with Crippen LogP contribution < -0.4 is 0 Å². The van der Waals surface area contributed by atoms with E-state index in [-0.39, 0.29) is 0 Å². The van der Waals surface area contributed by atoms with Gasteiger partial charge in [0.25, 0.3) is 0 Å². The normalized spacial score (nSPS) is 20.0. The third kappa shape index (κ3) is 6.60. The van der Waals surface area contributed by atoms with Crippen LogP contribution in [0.15, 0.2) is 40.0 Å². The van der Waals surface area contributed by atoms with Crippen LogP contribution in [0.25, 0.3) is 0 Å². The van der Waals surface area contributed by atoms with Crippen LogP contribution >= 0.6 is 23.4 Å². The summed E-state index contributed by atoms with van der Waals surface area (Å²) in [4.78, 5) is 1.32. The molecule has 2 aliphatic rings. The van der Waals surface area contributed by atoms with Crippen molar-refractivity contribution in [2.75, 3.05) is 0 Å². The second-order valence-electron chi connectivity index (χ2n) is 8.69. The zero-order valence-electron chi connectivity index (χ0n) is 17.1. The molecule has 3 rings (SSSR count). The van der Waals surface area contributed by atoms with Crippen molar-refractivity contribution in [3.63, 3.8) is 0 Å². The van der Waals surface area contributed by atoms with Crippen LogP contribution in [-0.4, -0.2) is 6.71 Å². The molecule has 0 N–H and O–H groups in total. The van der Waals surface area contributed by atoms with Crippen LogP contribution in [0.2, 0.25) is 16.7 Å². The quantitative estimate of drug-likeness (QED) is 0.308. The van der Waals surface area contributed by atoms with Gasteiger partial charge in [0, 0.05) is 9.92 Å². The van der Waals surface area contributed by atoms with Gasteiger partial charge in [0.05, 0.1) is 0 Å². The van der Waals surface area contributed by atoms with Crippen LogP contribution in [0.3, 0.4) is 0 Å². The van der Waals surface area contributed by atoms with Crippen molar-refractivity contribution in [1.29, 1.82) is 0 Å². The van der Waals surface area contributed by atoms with E-state index in [2.05, 4.69) is 24.5 Å². The number of hydrogen-bond acceptors (Lipinski definition) is 1. The molecule has 0 bridgehead atoms. The molecule has 0 atom stereocenters. The van der Waals surface area contributed by atoms with Gasteiger partial charge in [0.1, 0.15) is 0 Å². The highest BCUT2D eigenvalue weighted by atomic mass is 35.5. The van der Waals surface area contributed by atoms with Crippen molar-refractivity contribution in [2.24, 2.45) is 0 Å². The van der Waals surface area contributed by atoms with Gasteiger partial charge in [0.2, 0.25) is 0 Å². The Kier molecular flexibility index (Phi) is 9.20. The highest BCUT2D eigenvalue weighted by Gasteiger charge is 2.36. The number of unbranched alkanes of at least 4 members (excludes halogenated alkanes) is 1. The molecule has 0 heterocycles. The van der Waals surface area contributed by atoms with Gasteiger partial charge < -0.3 is 0 Å². The molecular formula is C24H36BClS. The van der Waals surface area contributed by atoms with Crippen LogP contribution in [0, 0.1) is 0 Å². The first-order chi connectivity index (χ1) is 13.3. The lowest BCUT2D eigenvalue weighted by Crippen LogP contribution is -2.32. The van der Waals surface area contributed by atoms with E-state index in [1.165, 1.54) is 88.4 Å². The Morgan fingerprint density at radius 1 is 0.963 bits per heavy atom. The maximum atomic E-state index is 6.07. The van der Waals surface area contributed by atoms with Gasteiger partial charge in [-0.25, -0.2) is 0 Å². The molecule has 2 saturated carbocycles. The van der Waals surface area contributed by atoms with Crippen LogP contribution in [0.4, 0.5) is 0 Å². The van der Waals surface area contributed by atoms with Gasteiger partial charge in [-0.05, 0) is 36.1 Å². The number of allylic oxidation sites excluding steroid dienone is 1. The second kappa shape index (κ2) is 11.6. The minimum Gasteiger partial charge on any atom is -0.0990 e. The number of rotatable bonds is 8. The summed E-state index contributed by atoms with van der Waals surface area (Å²) in [5.74, 6) is 1.88. The van der Waals surface area contributed by atoms with E-state index < -0.39 is 0 Å². The fourth-order valence-corrected chi connectivity index (χ4v) is 6.30. The van der Waals surface area contributed by atoms with Crippen molar-refractivity contribution in [3.8, 4) is 0 Å². The third-order valence-electron chi connectivity index (χ3n) is 6.72. The van der Waals surface area contributed by atoms with Gasteiger partial charge >= 0.3 is 0 Å². The Bertz CT molecular complexity index is 553.